The number of nitrogens with zero attached hydrogens (tertiary/aromatic N) is 4. The highest BCUT2D eigenvalue weighted by Gasteiger charge is 2.22. The van der Waals surface area contributed by atoms with Crippen LogP contribution < -0.4 is 15.0 Å². The molecular formula is C18H23N5O3S. The minimum atomic E-state index is -0.775. The Kier molecular flexibility index (Phi) is 7.15. The molecular weight excluding hydrogens is 366 g/mol. The molecule has 0 saturated heterocycles. The van der Waals surface area contributed by atoms with Crippen molar-refractivity contribution < 1.29 is 9.47 Å². The van der Waals surface area contributed by atoms with Crippen molar-refractivity contribution in [2.24, 2.45) is 5.11 Å². The molecule has 0 saturated carbocycles. The Morgan fingerprint density at radius 2 is 1.89 bits per heavy atom. The van der Waals surface area contributed by atoms with Crippen LogP contribution in [0.4, 0.5) is 0 Å². The molecule has 1 aromatic carbocycles. The number of benzene rings is 1. The number of hydrogen-bond donors (Lipinski definition) is 1. The molecule has 1 N–H and O–H groups in total. The van der Waals surface area contributed by atoms with Gasteiger partial charge in [0, 0.05) is 21.8 Å². The fourth-order valence-electron chi connectivity index (χ4n) is 2.66. The molecule has 0 aliphatic carbocycles. The lowest BCUT2D eigenvalue weighted by atomic mass is 9.99. The monoisotopic (exact) mass is 389 g/mol. The Balaban J connectivity index is 2.71. The zero-order chi connectivity index (χ0) is 20.0. The molecule has 144 valence electrons. The second-order valence-electron chi connectivity index (χ2n) is 6.01. The Labute approximate surface area is 161 Å². The van der Waals surface area contributed by atoms with Gasteiger partial charge in [-0.05, 0) is 29.6 Å². The van der Waals surface area contributed by atoms with Crippen molar-refractivity contribution in [1.82, 2.24) is 9.97 Å². The van der Waals surface area contributed by atoms with E-state index in [-0.39, 0.29) is 10.8 Å². The van der Waals surface area contributed by atoms with Crippen LogP contribution in [0, 0.1) is 0 Å². The van der Waals surface area contributed by atoms with Crippen LogP contribution in [-0.2, 0) is 6.42 Å². The van der Waals surface area contributed by atoms with Gasteiger partial charge in [-0.2, -0.15) is 0 Å². The number of thioether (sulfide) groups is 1. The van der Waals surface area contributed by atoms with Crippen LogP contribution in [0.3, 0.4) is 0 Å². The van der Waals surface area contributed by atoms with Gasteiger partial charge in [-0.1, -0.05) is 37.6 Å². The number of hydrogen-bond acceptors (Lipinski definition) is 6. The summed E-state index contributed by atoms with van der Waals surface area (Å²) in [6.45, 7) is 5.89. The maximum atomic E-state index is 12.6. The van der Waals surface area contributed by atoms with E-state index in [0.717, 1.165) is 0 Å². The molecule has 0 spiro atoms. The van der Waals surface area contributed by atoms with E-state index in [0.29, 0.717) is 39.9 Å². The van der Waals surface area contributed by atoms with Crippen LogP contribution in [0.25, 0.3) is 10.4 Å². The summed E-state index contributed by atoms with van der Waals surface area (Å²) in [7, 11) is 3.09. The molecule has 0 aliphatic heterocycles. The molecule has 1 unspecified atom stereocenters. The lowest BCUT2D eigenvalue weighted by Crippen LogP contribution is -2.20. The third-order valence-electron chi connectivity index (χ3n) is 3.84. The molecule has 1 aromatic heterocycles. The maximum absolute atomic E-state index is 12.6. The second kappa shape index (κ2) is 9.34. The summed E-state index contributed by atoms with van der Waals surface area (Å²) in [4.78, 5) is 23.0. The van der Waals surface area contributed by atoms with E-state index in [1.54, 1.807) is 32.4 Å². The van der Waals surface area contributed by atoms with Gasteiger partial charge in [-0.3, -0.25) is 4.79 Å². The standard InChI is InChI=1S/C18H23N5O3S/c1-6-14-16(20-18(21-17(14)24)27-10(2)3)15(22-23-19)11-7-12(25-4)9-13(8-11)26-5/h7-10,15H,6H2,1-5H3,(H,20,21,24). The van der Waals surface area contributed by atoms with Gasteiger partial charge in [-0.25, -0.2) is 4.98 Å². The number of rotatable bonds is 8. The van der Waals surface area contributed by atoms with Gasteiger partial charge in [0.2, 0.25) is 0 Å². The van der Waals surface area contributed by atoms with Gasteiger partial charge in [0.1, 0.15) is 17.5 Å². The molecule has 0 fully saturated rings. The van der Waals surface area contributed by atoms with Crippen molar-refractivity contribution in [2.75, 3.05) is 14.2 Å². The average molecular weight is 389 g/mol. The van der Waals surface area contributed by atoms with Crippen LogP contribution >= 0.6 is 11.8 Å². The molecule has 0 amide bonds. The van der Waals surface area contributed by atoms with Crippen LogP contribution in [0.2, 0.25) is 0 Å². The summed E-state index contributed by atoms with van der Waals surface area (Å²) in [5.74, 6) is 1.12. The Hall–Kier alpha value is -2.64. The first kappa shape index (κ1) is 20.7. The SMILES string of the molecule is CCc1c(C(N=[N+]=[N-])c2cc(OC)cc(OC)c2)nc(SC(C)C)[nH]c1=O. The van der Waals surface area contributed by atoms with Gasteiger partial charge in [0.05, 0.1) is 19.9 Å². The van der Waals surface area contributed by atoms with E-state index in [1.807, 2.05) is 20.8 Å². The molecule has 1 heterocycles. The molecule has 0 radical (unpaired) electrons. The molecule has 0 aliphatic rings. The summed E-state index contributed by atoms with van der Waals surface area (Å²) in [5.41, 5.74) is 10.5. The first-order chi connectivity index (χ1) is 12.9. The maximum Gasteiger partial charge on any atom is 0.254 e. The van der Waals surface area contributed by atoms with E-state index in [9.17, 15) is 4.79 Å². The van der Waals surface area contributed by atoms with Crippen molar-refractivity contribution in [3.8, 4) is 11.5 Å². The largest absolute Gasteiger partial charge is 0.497 e. The zero-order valence-electron chi connectivity index (χ0n) is 16.0. The smallest absolute Gasteiger partial charge is 0.254 e. The Morgan fingerprint density at radius 3 is 2.37 bits per heavy atom. The number of methoxy groups -OCH3 is 2. The zero-order valence-corrected chi connectivity index (χ0v) is 16.8. The van der Waals surface area contributed by atoms with Crippen LogP contribution in [0.15, 0.2) is 33.3 Å². The normalized spacial score (nSPS) is 11.8. The van der Waals surface area contributed by atoms with E-state index in [1.165, 1.54) is 11.8 Å². The predicted octanol–water partition coefficient (Wildman–Crippen LogP) is 4.25. The molecule has 2 aromatic rings. The third-order valence-corrected chi connectivity index (χ3v) is 4.73. The fourth-order valence-corrected chi connectivity index (χ4v) is 3.41. The quantitative estimate of drug-likeness (QED) is 0.238. The number of aromatic amines is 1. The number of azide groups is 1. The summed E-state index contributed by atoms with van der Waals surface area (Å²) in [6.07, 6.45) is 0.461. The molecule has 0 bridgehead atoms. The highest BCUT2D eigenvalue weighted by atomic mass is 32.2. The molecule has 2 rings (SSSR count). The van der Waals surface area contributed by atoms with Crippen molar-refractivity contribution in [3.05, 3.63) is 55.8 Å². The van der Waals surface area contributed by atoms with Crippen molar-refractivity contribution in [3.63, 3.8) is 0 Å². The average Bonchev–Trinajstić information content (AvgIpc) is 2.64. The van der Waals surface area contributed by atoms with Crippen LogP contribution in [0.1, 0.15) is 43.6 Å². The van der Waals surface area contributed by atoms with E-state index < -0.39 is 6.04 Å². The van der Waals surface area contributed by atoms with Gasteiger partial charge in [0.25, 0.3) is 5.56 Å². The van der Waals surface area contributed by atoms with Gasteiger partial charge in [0.15, 0.2) is 5.16 Å². The van der Waals surface area contributed by atoms with Crippen molar-refractivity contribution in [2.45, 2.75) is 43.6 Å². The van der Waals surface area contributed by atoms with E-state index in [2.05, 4.69) is 20.0 Å². The summed E-state index contributed by atoms with van der Waals surface area (Å²) in [6, 6.07) is 4.45. The first-order valence-electron chi connectivity index (χ1n) is 8.50. The lowest BCUT2D eigenvalue weighted by Gasteiger charge is -2.17. The second-order valence-corrected chi connectivity index (χ2v) is 7.57. The molecule has 27 heavy (non-hydrogen) atoms. The highest BCUT2D eigenvalue weighted by molar-refractivity contribution is 7.99. The van der Waals surface area contributed by atoms with Gasteiger partial charge < -0.3 is 14.5 Å². The summed E-state index contributed by atoms with van der Waals surface area (Å²) >= 11 is 1.44. The summed E-state index contributed by atoms with van der Waals surface area (Å²) in [5, 5.41) is 4.67. The fraction of sp³-hybridized carbons (Fsp3) is 0.444. The summed E-state index contributed by atoms with van der Waals surface area (Å²) < 4.78 is 10.6. The number of nitrogens with one attached hydrogen (secondary N) is 1. The predicted molar refractivity (Wildman–Crippen MR) is 106 cm³/mol. The van der Waals surface area contributed by atoms with E-state index in [4.69, 9.17) is 15.0 Å². The minimum Gasteiger partial charge on any atom is -0.497 e. The van der Waals surface area contributed by atoms with Gasteiger partial charge >= 0.3 is 0 Å². The molecule has 8 nitrogen and oxygen atoms in total. The molecule has 9 heteroatoms. The topological polar surface area (TPSA) is 113 Å². The van der Waals surface area contributed by atoms with E-state index >= 15 is 0 Å². The highest BCUT2D eigenvalue weighted by Crippen LogP contribution is 2.33. The first-order valence-corrected chi connectivity index (χ1v) is 9.38. The molecule has 1 atom stereocenters. The van der Waals surface area contributed by atoms with Crippen LogP contribution in [0.5, 0.6) is 11.5 Å². The van der Waals surface area contributed by atoms with Gasteiger partial charge in [-0.15, -0.1) is 0 Å². The Bertz CT molecular complexity index is 884. The third kappa shape index (κ3) is 4.96. The number of ether oxygens (including phenoxy) is 2. The van der Waals surface area contributed by atoms with Crippen molar-refractivity contribution >= 4 is 11.8 Å². The van der Waals surface area contributed by atoms with Crippen molar-refractivity contribution in [1.29, 1.82) is 0 Å². The number of aromatic nitrogens is 2. The van der Waals surface area contributed by atoms with Crippen LogP contribution in [-0.4, -0.2) is 29.4 Å². The number of H-pyrrole nitrogens is 1. The lowest BCUT2D eigenvalue weighted by molar-refractivity contribution is 0.393. The Morgan fingerprint density at radius 1 is 1.26 bits per heavy atom. The minimum absolute atomic E-state index is 0.223.